The zero-order valence-corrected chi connectivity index (χ0v) is 15.1. The largest absolute Gasteiger partial charge is 0.496 e. The summed E-state index contributed by atoms with van der Waals surface area (Å²) in [4.78, 5) is 14.2. The highest BCUT2D eigenvalue weighted by Crippen LogP contribution is 2.25. The third-order valence-corrected chi connectivity index (χ3v) is 5.81. The van der Waals surface area contributed by atoms with Crippen molar-refractivity contribution < 1.29 is 22.7 Å². The minimum Gasteiger partial charge on any atom is -0.496 e. The van der Waals surface area contributed by atoms with Crippen LogP contribution in [0.1, 0.15) is 12.0 Å². The van der Waals surface area contributed by atoms with Crippen LogP contribution in [-0.4, -0.2) is 71.0 Å². The average Bonchev–Trinajstić information content (AvgIpc) is 2.59. The smallest absolute Gasteiger partial charge is 0.242 e. The highest BCUT2D eigenvalue weighted by Gasteiger charge is 2.21. The number of nitrogens with zero attached hydrogens (tertiary/aromatic N) is 2. The number of hydrogen-bond donors (Lipinski definition) is 0. The van der Waals surface area contributed by atoms with Gasteiger partial charge < -0.3 is 14.4 Å². The fourth-order valence-electron chi connectivity index (χ4n) is 2.53. The maximum Gasteiger partial charge on any atom is 0.242 e. The van der Waals surface area contributed by atoms with Crippen LogP contribution in [-0.2, 0) is 26.0 Å². The molecule has 0 aromatic heterocycles. The minimum atomic E-state index is -3.52. The van der Waals surface area contributed by atoms with E-state index in [2.05, 4.69) is 0 Å². The van der Waals surface area contributed by atoms with Gasteiger partial charge in [-0.2, -0.15) is 0 Å². The Morgan fingerprint density at radius 3 is 2.54 bits per heavy atom. The number of ether oxygens (including phenoxy) is 2. The molecule has 1 saturated heterocycles. The van der Waals surface area contributed by atoms with Crippen molar-refractivity contribution in [1.29, 1.82) is 0 Å². The molecule has 0 saturated carbocycles. The Balaban J connectivity index is 2.14. The van der Waals surface area contributed by atoms with E-state index >= 15 is 0 Å². The average molecular weight is 356 g/mol. The van der Waals surface area contributed by atoms with E-state index in [1.54, 1.807) is 17.0 Å². The van der Waals surface area contributed by atoms with Crippen LogP contribution >= 0.6 is 0 Å². The van der Waals surface area contributed by atoms with E-state index in [-0.39, 0.29) is 10.8 Å². The van der Waals surface area contributed by atoms with Gasteiger partial charge in [-0.05, 0) is 30.2 Å². The number of rotatable bonds is 6. The zero-order valence-electron chi connectivity index (χ0n) is 14.3. The summed E-state index contributed by atoms with van der Waals surface area (Å²) >= 11 is 0. The van der Waals surface area contributed by atoms with Crippen molar-refractivity contribution in [2.24, 2.45) is 0 Å². The number of sulfonamides is 1. The lowest BCUT2D eigenvalue weighted by molar-refractivity contribution is -0.135. The number of benzene rings is 1. The van der Waals surface area contributed by atoms with Crippen LogP contribution in [0, 0.1) is 0 Å². The van der Waals surface area contributed by atoms with Crippen LogP contribution in [0.3, 0.4) is 0 Å². The van der Waals surface area contributed by atoms with Gasteiger partial charge in [-0.3, -0.25) is 4.79 Å². The van der Waals surface area contributed by atoms with Crippen molar-refractivity contribution in [3.05, 3.63) is 23.8 Å². The number of carbonyl (C=O) groups excluding carboxylic acids is 1. The molecule has 7 nitrogen and oxygen atoms in total. The zero-order chi connectivity index (χ0) is 17.7. The minimum absolute atomic E-state index is 0.0428. The van der Waals surface area contributed by atoms with Gasteiger partial charge in [-0.25, -0.2) is 12.7 Å². The van der Waals surface area contributed by atoms with E-state index in [1.807, 2.05) is 0 Å². The third-order valence-electron chi connectivity index (χ3n) is 4.00. The summed E-state index contributed by atoms with van der Waals surface area (Å²) in [6.45, 7) is 2.33. The van der Waals surface area contributed by atoms with Crippen LogP contribution in [0.15, 0.2) is 23.1 Å². The van der Waals surface area contributed by atoms with Gasteiger partial charge >= 0.3 is 0 Å². The summed E-state index contributed by atoms with van der Waals surface area (Å²) < 4.78 is 36.2. The van der Waals surface area contributed by atoms with Crippen molar-refractivity contribution in [2.75, 3.05) is 47.5 Å². The quantitative estimate of drug-likeness (QED) is 0.751. The Bertz CT molecular complexity index is 682. The first-order valence-corrected chi connectivity index (χ1v) is 9.25. The maximum absolute atomic E-state index is 12.3. The molecule has 0 radical (unpaired) electrons. The van der Waals surface area contributed by atoms with Crippen LogP contribution in [0.2, 0.25) is 0 Å². The van der Waals surface area contributed by atoms with Crippen LogP contribution in [0.4, 0.5) is 0 Å². The first kappa shape index (κ1) is 18.7. The fourth-order valence-corrected chi connectivity index (χ4v) is 3.49. The molecule has 134 valence electrons. The summed E-state index contributed by atoms with van der Waals surface area (Å²) in [5.74, 6) is 0.628. The molecule has 0 bridgehead atoms. The molecule has 1 aromatic rings. The molecule has 1 amide bonds. The summed E-state index contributed by atoms with van der Waals surface area (Å²) in [7, 11) is 0.988. The molecule has 1 aromatic carbocycles. The molecule has 0 aliphatic carbocycles. The van der Waals surface area contributed by atoms with E-state index < -0.39 is 10.0 Å². The van der Waals surface area contributed by atoms with Gasteiger partial charge in [-0.1, -0.05) is 0 Å². The van der Waals surface area contributed by atoms with Gasteiger partial charge in [0.05, 0.1) is 25.2 Å². The summed E-state index contributed by atoms with van der Waals surface area (Å²) in [6.07, 6.45) is 0.734. The lowest BCUT2D eigenvalue weighted by atomic mass is 10.1. The Kier molecular flexibility index (Phi) is 6.20. The molecule has 0 N–H and O–H groups in total. The standard InChI is InChI=1S/C16H24N2O5S/c1-17(2)24(20,21)14-5-6-15(22-3)13(12-14)4-7-16(19)18-8-10-23-11-9-18/h5-6,12H,4,7-11H2,1-3H3. The monoisotopic (exact) mass is 356 g/mol. The Morgan fingerprint density at radius 2 is 1.96 bits per heavy atom. The van der Waals surface area contributed by atoms with E-state index in [1.165, 1.54) is 27.3 Å². The van der Waals surface area contributed by atoms with Gasteiger partial charge in [0, 0.05) is 33.6 Å². The molecule has 0 unspecified atom stereocenters. The van der Waals surface area contributed by atoms with Gasteiger partial charge in [-0.15, -0.1) is 0 Å². The van der Waals surface area contributed by atoms with Gasteiger partial charge in [0.15, 0.2) is 0 Å². The highest BCUT2D eigenvalue weighted by atomic mass is 32.2. The van der Waals surface area contributed by atoms with Crippen molar-refractivity contribution in [2.45, 2.75) is 17.7 Å². The van der Waals surface area contributed by atoms with Crippen molar-refractivity contribution in [3.63, 3.8) is 0 Å². The first-order chi connectivity index (χ1) is 11.4. The van der Waals surface area contributed by atoms with E-state index in [4.69, 9.17) is 9.47 Å². The van der Waals surface area contributed by atoms with Crippen LogP contribution in [0.25, 0.3) is 0 Å². The maximum atomic E-state index is 12.3. The molecule has 24 heavy (non-hydrogen) atoms. The molecular weight excluding hydrogens is 332 g/mol. The first-order valence-electron chi connectivity index (χ1n) is 7.81. The Hall–Kier alpha value is -1.64. The molecule has 0 atom stereocenters. The summed E-state index contributed by atoms with van der Waals surface area (Å²) in [5.41, 5.74) is 0.710. The van der Waals surface area contributed by atoms with Gasteiger partial charge in [0.25, 0.3) is 0 Å². The molecule has 1 heterocycles. The van der Waals surface area contributed by atoms with Gasteiger partial charge in [0.1, 0.15) is 5.75 Å². The number of amides is 1. The number of carbonyl (C=O) groups is 1. The number of morpholine rings is 1. The molecule has 1 aliphatic heterocycles. The summed E-state index contributed by atoms with van der Waals surface area (Å²) in [6, 6.07) is 4.73. The van der Waals surface area contributed by atoms with Crippen LogP contribution < -0.4 is 4.74 Å². The normalized spacial score (nSPS) is 15.6. The predicted octanol–water partition coefficient (Wildman–Crippen LogP) is 0.737. The molecule has 0 spiro atoms. The lowest BCUT2D eigenvalue weighted by Crippen LogP contribution is -2.40. The predicted molar refractivity (Wildman–Crippen MR) is 89.6 cm³/mol. The second-order valence-corrected chi connectivity index (χ2v) is 7.91. The molecular formula is C16H24N2O5S. The number of aryl methyl sites for hydroxylation is 1. The topological polar surface area (TPSA) is 76.2 Å². The number of hydrogen-bond acceptors (Lipinski definition) is 5. The molecule has 1 aliphatic rings. The van der Waals surface area contributed by atoms with E-state index in [9.17, 15) is 13.2 Å². The Morgan fingerprint density at radius 1 is 1.29 bits per heavy atom. The van der Waals surface area contributed by atoms with Gasteiger partial charge in [0.2, 0.25) is 15.9 Å². The number of methoxy groups -OCH3 is 1. The van der Waals surface area contributed by atoms with Crippen LogP contribution in [0.5, 0.6) is 5.75 Å². The van der Waals surface area contributed by atoms with Crippen molar-refractivity contribution in [1.82, 2.24) is 9.21 Å². The highest BCUT2D eigenvalue weighted by molar-refractivity contribution is 7.89. The summed E-state index contributed by atoms with van der Waals surface area (Å²) in [5, 5.41) is 0. The molecule has 2 rings (SSSR count). The molecule has 1 fully saturated rings. The second-order valence-electron chi connectivity index (χ2n) is 5.75. The lowest BCUT2D eigenvalue weighted by Gasteiger charge is -2.27. The third kappa shape index (κ3) is 4.25. The Labute approximate surface area is 143 Å². The van der Waals surface area contributed by atoms with E-state index in [0.717, 1.165) is 4.31 Å². The molecule has 8 heteroatoms. The second kappa shape index (κ2) is 7.96. The van der Waals surface area contributed by atoms with E-state index in [0.29, 0.717) is 50.5 Å². The fraction of sp³-hybridized carbons (Fsp3) is 0.562. The van der Waals surface area contributed by atoms with Crippen molar-refractivity contribution >= 4 is 15.9 Å². The van der Waals surface area contributed by atoms with Crippen molar-refractivity contribution in [3.8, 4) is 5.75 Å². The SMILES string of the molecule is COc1ccc(S(=O)(=O)N(C)C)cc1CCC(=O)N1CCOCC1.